The van der Waals surface area contributed by atoms with Crippen molar-refractivity contribution in [2.24, 2.45) is 34.5 Å². The van der Waals surface area contributed by atoms with E-state index in [0.717, 1.165) is 0 Å². The number of hydrogen-bond donors (Lipinski definition) is 2. The smallest absolute Gasteiger partial charge is 0.375 e. The van der Waals surface area contributed by atoms with Gasteiger partial charge in [-0.25, -0.2) is 14.0 Å². The summed E-state index contributed by atoms with van der Waals surface area (Å²) in [4.78, 5) is 38.3. The van der Waals surface area contributed by atoms with Crippen LogP contribution in [0.2, 0.25) is 0 Å². The van der Waals surface area contributed by atoms with Crippen LogP contribution < -0.4 is 0 Å². The molecule has 0 saturated heterocycles. The van der Waals surface area contributed by atoms with Gasteiger partial charge in [0.15, 0.2) is 11.5 Å². The van der Waals surface area contributed by atoms with Gasteiger partial charge in [0.2, 0.25) is 11.4 Å². The van der Waals surface area contributed by atoms with Crippen molar-refractivity contribution in [1.29, 1.82) is 0 Å². The second kappa shape index (κ2) is 8.36. The maximum atomic E-state index is 17.9. The van der Waals surface area contributed by atoms with E-state index in [-0.39, 0.29) is 23.9 Å². The molecule has 1 aromatic rings. The van der Waals surface area contributed by atoms with Crippen LogP contribution in [-0.2, 0) is 19.1 Å². The Bertz CT molecular complexity index is 1190. The Labute approximate surface area is 214 Å². The van der Waals surface area contributed by atoms with Gasteiger partial charge in [0.05, 0.1) is 12.4 Å². The van der Waals surface area contributed by atoms with Gasteiger partial charge in [-0.3, -0.25) is 4.79 Å². The summed E-state index contributed by atoms with van der Waals surface area (Å²) in [6.45, 7) is 6.38. The lowest BCUT2D eigenvalue weighted by Gasteiger charge is -2.64. The number of aliphatic hydroxyl groups excluding tert-OH is 1. The number of aliphatic carboxylic acids is 1. The molecule has 2 unspecified atom stereocenters. The van der Waals surface area contributed by atoms with E-state index in [1.54, 1.807) is 26.8 Å². The third kappa shape index (κ3) is 3.16. The summed E-state index contributed by atoms with van der Waals surface area (Å²) < 4.78 is 34.6. The lowest BCUT2D eigenvalue weighted by molar-refractivity contribution is -0.250. The molecule has 8 nitrogen and oxygen atoms in total. The molecule has 3 fully saturated rings. The average molecular weight is 517 g/mol. The van der Waals surface area contributed by atoms with Crippen LogP contribution in [0.1, 0.15) is 57.5 Å². The van der Waals surface area contributed by atoms with Crippen LogP contribution in [0.4, 0.5) is 4.39 Å². The summed E-state index contributed by atoms with van der Waals surface area (Å²) in [5.74, 6) is -4.47. The Morgan fingerprint density at radius 2 is 1.95 bits per heavy atom. The van der Waals surface area contributed by atoms with Crippen molar-refractivity contribution in [1.82, 2.24) is 0 Å². The molecule has 9 heteroatoms. The minimum absolute atomic E-state index is 0.105. The molecule has 4 aliphatic carbocycles. The number of esters is 1. The third-order valence-corrected chi connectivity index (χ3v) is 10.1. The van der Waals surface area contributed by atoms with Crippen molar-refractivity contribution in [2.45, 2.75) is 64.3 Å². The maximum absolute atomic E-state index is 17.9. The maximum Gasteiger partial charge on any atom is 0.375 e. The minimum atomic E-state index is -2.03. The zero-order valence-electron chi connectivity index (χ0n) is 21.4. The molecule has 3 saturated carbocycles. The first-order chi connectivity index (χ1) is 17.4. The van der Waals surface area contributed by atoms with Gasteiger partial charge < -0.3 is 24.1 Å². The quantitative estimate of drug-likeness (QED) is 0.443. The van der Waals surface area contributed by atoms with Crippen molar-refractivity contribution < 1.29 is 42.9 Å². The summed E-state index contributed by atoms with van der Waals surface area (Å²) >= 11 is 0. The molecule has 1 heterocycles. The second-order valence-electron chi connectivity index (χ2n) is 11.6. The number of aliphatic hydroxyl groups is 1. The van der Waals surface area contributed by atoms with Gasteiger partial charge in [-0.2, -0.15) is 0 Å². The zero-order chi connectivity index (χ0) is 27.0. The monoisotopic (exact) mass is 516 g/mol. The molecular formula is C28H33FO8. The fourth-order valence-corrected chi connectivity index (χ4v) is 8.46. The van der Waals surface area contributed by atoms with Crippen LogP contribution in [-0.4, -0.2) is 52.1 Å². The van der Waals surface area contributed by atoms with E-state index >= 15 is 4.39 Å². The normalized spacial score (nSPS) is 44.4. The topological polar surface area (TPSA) is 123 Å². The first-order valence-corrected chi connectivity index (χ1v) is 12.7. The van der Waals surface area contributed by atoms with E-state index in [9.17, 15) is 24.6 Å². The summed E-state index contributed by atoms with van der Waals surface area (Å²) in [7, 11) is 0. The molecule has 1 aromatic heterocycles. The number of ether oxygens (including phenoxy) is 2. The van der Waals surface area contributed by atoms with Crippen LogP contribution in [0.5, 0.6) is 0 Å². The molecule has 0 radical (unpaired) electrons. The van der Waals surface area contributed by atoms with Crippen molar-refractivity contribution in [3.8, 4) is 0 Å². The number of furan rings is 1. The van der Waals surface area contributed by atoms with Crippen LogP contribution >= 0.6 is 0 Å². The number of carboxylic acids is 1. The third-order valence-electron chi connectivity index (χ3n) is 10.1. The number of rotatable bonds is 5. The van der Waals surface area contributed by atoms with E-state index < -0.39 is 64.7 Å². The number of hydrogen-bond acceptors (Lipinski definition) is 7. The first kappa shape index (κ1) is 25.9. The average Bonchev–Trinajstić information content (AvgIpc) is 3.44. The van der Waals surface area contributed by atoms with E-state index in [4.69, 9.17) is 13.9 Å². The fraction of sp³-hybridized carbons (Fsp3) is 0.607. The number of allylic oxidation sites excluding steroid dienone is 4. The number of carbonyl (C=O) groups is 3. The molecule has 4 aliphatic rings. The second-order valence-corrected chi connectivity index (χ2v) is 11.6. The Balaban J connectivity index is 1.66. The molecule has 9 atom stereocenters. The van der Waals surface area contributed by atoms with Gasteiger partial charge in [0.1, 0.15) is 6.79 Å². The van der Waals surface area contributed by atoms with Crippen molar-refractivity contribution in [2.75, 3.05) is 6.79 Å². The minimum Gasteiger partial charge on any atom is -0.478 e. The zero-order valence-corrected chi connectivity index (χ0v) is 21.4. The summed E-state index contributed by atoms with van der Waals surface area (Å²) in [5, 5.41) is 20.4. The SMILES string of the molecule is C[C@@H]1CC2C3C[C@H](C)C4=CC(=O)C=C[C@]4(C)[C@@]3(F)[C@@H](OCO)C[C@]2(C)[C@@]1(OC(=O)c1ccco1)C(=O)O. The van der Waals surface area contributed by atoms with Crippen LogP contribution in [0.3, 0.4) is 0 Å². The first-order valence-electron chi connectivity index (χ1n) is 12.7. The Hall–Kier alpha value is -2.78. The number of ketones is 1. The number of carbonyl (C=O) groups excluding carboxylic acids is 2. The van der Waals surface area contributed by atoms with Gasteiger partial charge >= 0.3 is 11.9 Å². The highest BCUT2D eigenvalue weighted by Crippen LogP contribution is 2.72. The van der Waals surface area contributed by atoms with Gasteiger partial charge in [-0.1, -0.05) is 32.4 Å². The van der Waals surface area contributed by atoms with Crippen molar-refractivity contribution >= 4 is 17.7 Å². The predicted molar refractivity (Wildman–Crippen MR) is 128 cm³/mol. The van der Waals surface area contributed by atoms with E-state index in [2.05, 4.69) is 0 Å². The molecule has 200 valence electrons. The molecule has 0 amide bonds. The van der Waals surface area contributed by atoms with Gasteiger partial charge in [-0.15, -0.1) is 0 Å². The van der Waals surface area contributed by atoms with Gasteiger partial charge in [0, 0.05) is 22.7 Å². The highest BCUT2D eigenvalue weighted by atomic mass is 19.1. The molecule has 0 aromatic carbocycles. The predicted octanol–water partition coefficient (Wildman–Crippen LogP) is 4.10. The molecule has 37 heavy (non-hydrogen) atoms. The number of fused-ring (bicyclic) bond motifs is 5. The molecule has 0 spiro atoms. The highest BCUT2D eigenvalue weighted by molar-refractivity contribution is 6.01. The lowest BCUT2D eigenvalue weighted by atomic mass is 9.43. The van der Waals surface area contributed by atoms with Crippen LogP contribution in [0, 0.1) is 34.5 Å². The Morgan fingerprint density at radius 1 is 1.22 bits per heavy atom. The molecular weight excluding hydrogens is 483 g/mol. The standard InChI is InChI=1S/C28H33FO8/c1-15-10-20-19-11-16(2)28(24(33)34,37-23(32)21-6-5-9-35-21)26(19,4)13-22(36-14-30)27(20,29)25(3)8-7-17(31)12-18(15)25/h5-9,12,15-16,19-20,22,30H,10-11,13-14H2,1-4H3,(H,33,34)/t15-,16+,19?,20?,22-,25-,26-,27-,28-/m0/s1. The molecule has 0 aliphatic heterocycles. The Morgan fingerprint density at radius 3 is 2.57 bits per heavy atom. The number of alkyl halides is 1. The fourth-order valence-electron chi connectivity index (χ4n) is 8.46. The largest absolute Gasteiger partial charge is 0.478 e. The summed E-state index contributed by atoms with van der Waals surface area (Å²) in [6, 6.07) is 2.91. The summed E-state index contributed by atoms with van der Waals surface area (Å²) in [5.41, 5.74) is -5.74. The van der Waals surface area contributed by atoms with Gasteiger partial charge in [-0.05, 0) is 62.3 Å². The van der Waals surface area contributed by atoms with E-state index in [1.807, 2.05) is 6.92 Å². The van der Waals surface area contributed by atoms with Crippen molar-refractivity contribution in [3.63, 3.8) is 0 Å². The number of carboxylic acid groups (broad SMARTS) is 1. The molecule has 2 N–H and O–H groups in total. The van der Waals surface area contributed by atoms with Gasteiger partial charge in [0.25, 0.3) is 0 Å². The molecule has 5 rings (SSSR count). The van der Waals surface area contributed by atoms with Crippen LogP contribution in [0.15, 0.2) is 46.6 Å². The summed E-state index contributed by atoms with van der Waals surface area (Å²) in [6.07, 6.45) is 5.13. The van der Waals surface area contributed by atoms with E-state index in [1.165, 1.54) is 30.5 Å². The lowest BCUT2D eigenvalue weighted by Crippen LogP contribution is -2.71. The van der Waals surface area contributed by atoms with Crippen molar-refractivity contribution in [3.05, 3.63) is 48.0 Å². The number of halogens is 1. The molecule has 0 bridgehead atoms. The highest BCUT2D eigenvalue weighted by Gasteiger charge is 2.78. The Kier molecular flexibility index (Phi) is 5.84. The van der Waals surface area contributed by atoms with Crippen LogP contribution in [0.25, 0.3) is 0 Å². The van der Waals surface area contributed by atoms with E-state index in [0.29, 0.717) is 18.4 Å².